The number of amides is 2. The van der Waals surface area contributed by atoms with Gasteiger partial charge < -0.3 is 10.2 Å². The van der Waals surface area contributed by atoms with Crippen LogP contribution in [0.3, 0.4) is 0 Å². The van der Waals surface area contributed by atoms with Crippen LogP contribution < -0.4 is 10.2 Å². The van der Waals surface area contributed by atoms with Gasteiger partial charge in [-0.3, -0.25) is 9.59 Å². The Morgan fingerprint density at radius 3 is 2.90 bits per heavy atom. The van der Waals surface area contributed by atoms with E-state index in [0.717, 1.165) is 24.1 Å². The van der Waals surface area contributed by atoms with Crippen molar-refractivity contribution in [1.29, 1.82) is 0 Å². The molecule has 0 unspecified atom stereocenters. The molecule has 4 nitrogen and oxygen atoms in total. The summed E-state index contributed by atoms with van der Waals surface area (Å²) < 4.78 is 0. The van der Waals surface area contributed by atoms with Gasteiger partial charge >= 0.3 is 0 Å². The Hall–Kier alpha value is -1.55. The summed E-state index contributed by atoms with van der Waals surface area (Å²) in [6.45, 7) is 5.10. The molecule has 1 saturated heterocycles. The molecule has 0 aliphatic carbocycles. The smallest absolute Gasteiger partial charge is 0.227 e. The van der Waals surface area contributed by atoms with Crippen LogP contribution in [-0.4, -0.2) is 24.9 Å². The van der Waals surface area contributed by atoms with E-state index in [0.29, 0.717) is 18.1 Å². The number of hydrogen-bond donors (Lipinski definition) is 1. The van der Waals surface area contributed by atoms with E-state index < -0.39 is 0 Å². The highest BCUT2D eigenvalue weighted by Gasteiger charge is 2.35. The number of carbonyl (C=O) groups excluding carboxylic acids is 2. The van der Waals surface area contributed by atoms with Crippen LogP contribution in [0.5, 0.6) is 0 Å². The number of unbranched alkanes of at least 4 members (excludes halogenated alkanes) is 1. The molecule has 1 aromatic carbocycles. The quantitative estimate of drug-likeness (QED) is 0.850. The molecule has 114 valence electrons. The molecule has 0 bridgehead atoms. The number of carbonyl (C=O) groups is 2. The Kier molecular flexibility index (Phi) is 5.23. The van der Waals surface area contributed by atoms with Crippen LogP contribution in [0.2, 0.25) is 5.02 Å². The zero-order chi connectivity index (χ0) is 15.4. The summed E-state index contributed by atoms with van der Waals surface area (Å²) in [6, 6.07) is 5.54. The highest BCUT2D eigenvalue weighted by molar-refractivity contribution is 6.31. The van der Waals surface area contributed by atoms with Crippen LogP contribution in [0.1, 0.15) is 31.7 Å². The van der Waals surface area contributed by atoms with Gasteiger partial charge in [-0.05, 0) is 31.0 Å². The van der Waals surface area contributed by atoms with E-state index in [1.54, 1.807) is 11.0 Å². The van der Waals surface area contributed by atoms with Crippen molar-refractivity contribution in [2.45, 2.75) is 33.1 Å². The zero-order valence-electron chi connectivity index (χ0n) is 12.5. The van der Waals surface area contributed by atoms with E-state index in [2.05, 4.69) is 12.2 Å². The van der Waals surface area contributed by atoms with Crippen LogP contribution in [0.15, 0.2) is 18.2 Å². The second-order valence-electron chi connectivity index (χ2n) is 5.48. The standard InChI is InChI=1S/C16H21ClN2O2/c1-3-4-7-18-16(21)12-8-15(20)19(10-12)13-6-5-11(2)14(17)9-13/h5-6,9,12H,3-4,7-8,10H2,1-2H3,(H,18,21)/t12-/m1/s1. The summed E-state index contributed by atoms with van der Waals surface area (Å²) in [5.74, 6) is -0.322. The number of aryl methyl sites for hydroxylation is 1. The van der Waals surface area contributed by atoms with Crippen molar-refractivity contribution in [3.8, 4) is 0 Å². The molecule has 2 rings (SSSR count). The summed E-state index contributed by atoms with van der Waals surface area (Å²) in [5.41, 5.74) is 1.74. The summed E-state index contributed by atoms with van der Waals surface area (Å²) in [5, 5.41) is 3.53. The van der Waals surface area contributed by atoms with E-state index in [4.69, 9.17) is 11.6 Å². The van der Waals surface area contributed by atoms with E-state index in [9.17, 15) is 9.59 Å². The lowest BCUT2D eigenvalue weighted by Crippen LogP contribution is -2.33. The second-order valence-corrected chi connectivity index (χ2v) is 5.89. The van der Waals surface area contributed by atoms with Crippen LogP contribution >= 0.6 is 11.6 Å². The fourth-order valence-electron chi connectivity index (χ4n) is 2.42. The predicted octanol–water partition coefficient (Wildman–Crippen LogP) is 2.92. The molecule has 21 heavy (non-hydrogen) atoms. The third kappa shape index (κ3) is 3.76. The van der Waals surface area contributed by atoms with Crippen LogP contribution in [0, 0.1) is 12.8 Å². The summed E-state index contributed by atoms with van der Waals surface area (Å²) in [6.07, 6.45) is 2.27. The van der Waals surface area contributed by atoms with Gasteiger partial charge in [0.2, 0.25) is 11.8 Å². The minimum atomic E-state index is -0.269. The molecule has 1 aliphatic rings. The maximum absolute atomic E-state index is 12.1. The van der Waals surface area contributed by atoms with E-state index in [1.807, 2.05) is 19.1 Å². The SMILES string of the molecule is CCCCNC(=O)[C@@H]1CC(=O)N(c2ccc(C)c(Cl)c2)C1. The van der Waals surface area contributed by atoms with Crippen molar-refractivity contribution in [1.82, 2.24) is 5.32 Å². The number of nitrogens with one attached hydrogen (secondary N) is 1. The molecule has 2 amide bonds. The van der Waals surface area contributed by atoms with Gasteiger partial charge in [0.25, 0.3) is 0 Å². The molecule has 1 aromatic rings. The van der Waals surface area contributed by atoms with E-state index in [1.165, 1.54) is 0 Å². The molecule has 1 aliphatic heterocycles. The normalized spacial score (nSPS) is 18.1. The first-order valence-corrected chi connectivity index (χ1v) is 7.75. The minimum absolute atomic E-state index is 0.0226. The lowest BCUT2D eigenvalue weighted by atomic mass is 10.1. The number of nitrogens with zero attached hydrogens (tertiary/aromatic N) is 1. The van der Waals surface area contributed by atoms with Gasteiger partial charge in [-0.25, -0.2) is 0 Å². The third-order valence-electron chi connectivity index (χ3n) is 3.79. The first-order valence-electron chi connectivity index (χ1n) is 7.37. The molecule has 0 aromatic heterocycles. The first kappa shape index (κ1) is 15.8. The fourth-order valence-corrected chi connectivity index (χ4v) is 2.59. The monoisotopic (exact) mass is 308 g/mol. The number of benzene rings is 1. The van der Waals surface area contributed by atoms with Gasteiger partial charge in [0.1, 0.15) is 0 Å². The lowest BCUT2D eigenvalue weighted by Gasteiger charge is -2.17. The Bertz CT molecular complexity index is 545. The first-order chi connectivity index (χ1) is 10.0. The number of halogens is 1. The Labute approximate surface area is 130 Å². The Morgan fingerprint density at radius 2 is 2.24 bits per heavy atom. The highest BCUT2D eigenvalue weighted by atomic mass is 35.5. The summed E-state index contributed by atoms with van der Waals surface area (Å²) >= 11 is 6.11. The van der Waals surface area contributed by atoms with Crippen molar-refractivity contribution in [2.75, 3.05) is 18.0 Å². The van der Waals surface area contributed by atoms with E-state index >= 15 is 0 Å². The maximum atomic E-state index is 12.1. The van der Waals surface area contributed by atoms with E-state index in [-0.39, 0.29) is 24.2 Å². The molecule has 0 saturated carbocycles. The summed E-state index contributed by atoms with van der Waals surface area (Å²) in [4.78, 5) is 25.8. The lowest BCUT2D eigenvalue weighted by molar-refractivity contribution is -0.126. The maximum Gasteiger partial charge on any atom is 0.227 e. The minimum Gasteiger partial charge on any atom is -0.356 e. The van der Waals surface area contributed by atoms with Gasteiger partial charge in [0, 0.05) is 30.2 Å². The van der Waals surface area contributed by atoms with Crippen molar-refractivity contribution >= 4 is 29.1 Å². The summed E-state index contributed by atoms with van der Waals surface area (Å²) in [7, 11) is 0. The van der Waals surface area contributed by atoms with Gasteiger partial charge in [0.15, 0.2) is 0 Å². The van der Waals surface area contributed by atoms with Crippen LogP contribution in [0.25, 0.3) is 0 Å². The molecular formula is C16H21ClN2O2. The molecule has 1 heterocycles. The second kappa shape index (κ2) is 6.94. The topological polar surface area (TPSA) is 49.4 Å². The molecular weight excluding hydrogens is 288 g/mol. The number of anilines is 1. The van der Waals surface area contributed by atoms with Crippen molar-refractivity contribution in [3.63, 3.8) is 0 Å². The van der Waals surface area contributed by atoms with Gasteiger partial charge in [-0.2, -0.15) is 0 Å². The zero-order valence-corrected chi connectivity index (χ0v) is 13.2. The molecule has 0 spiro atoms. The molecule has 1 fully saturated rings. The molecule has 5 heteroatoms. The van der Waals surface area contributed by atoms with Crippen molar-refractivity contribution in [2.24, 2.45) is 5.92 Å². The Morgan fingerprint density at radius 1 is 1.48 bits per heavy atom. The van der Waals surface area contributed by atoms with Crippen LogP contribution in [0.4, 0.5) is 5.69 Å². The predicted molar refractivity (Wildman–Crippen MR) is 84.6 cm³/mol. The Balaban J connectivity index is 2.02. The highest BCUT2D eigenvalue weighted by Crippen LogP contribution is 2.28. The molecule has 0 radical (unpaired) electrons. The molecule has 1 N–H and O–H groups in total. The average molecular weight is 309 g/mol. The third-order valence-corrected chi connectivity index (χ3v) is 4.20. The molecule has 1 atom stereocenters. The number of rotatable bonds is 5. The van der Waals surface area contributed by atoms with Gasteiger partial charge in [-0.15, -0.1) is 0 Å². The van der Waals surface area contributed by atoms with Crippen molar-refractivity contribution in [3.05, 3.63) is 28.8 Å². The van der Waals surface area contributed by atoms with Crippen LogP contribution in [-0.2, 0) is 9.59 Å². The van der Waals surface area contributed by atoms with Crippen molar-refractivity contribution < 1.29 is 9.59 Å². The average Bonchev–Trinajstić information content (AvgIpc) is 2.84. The number of hydrogen-bond acceptors (Lipinski definition) is 2. The van der Waals surface area contributed by atoms with Gasteiger partial charge in [0.05, 0.1) is 5.92 Å². The fraction of sp³-hybridized carbons (Fsp3) is 0.500. The largest absolute Gasteiger partial charge is 0.356 e. The van der Waals surface area contributed by atoms with Gasteiger partial charge in [-0.1, -0.05) is 31.0 Å².